The number of rotatable bonds is 6. The zero-order valence-corrected chi connectivity index (χ0v) is 19.5. The fourth-order valence-corrected chi connectivity index (χ4v) is 4.36. The molecule has 2 aliphatic heterocycles. The van der Waals surface area contributed by atoms with Gasteiger partial charge in [-0.05, 0) is 60.8 Å². The van der Waals surface area contributed by atoms with Gasteiger partial charge in [0.25, 0.3) is 0 Å². The Kier molecular flexibility index (Phi) is 5.99. The molecule has 1 aromatic carbocycles. The summed E-state index contributed by atoms with van der Waals surface area (Å²) in [6.45, 7) is 19.9. The average Bonchev–Trinajstić information content (AvgIpc) is 2.92. The van der Waals surface area contributed by atoms with Gasteiger partial charge in [-0.25, -0.2) is 0 Å². The second-order valence-electron chi connectivity index (χ2n) is 9.27. The summed E-state index contributed by atoms with van der Waals surface area (Å²) < 4.78 is 0. The Labute approximate surface area is 183 Å². The summed E-state index contributed by atoms with van der Waals surface area (Å²) >= 11 is 0. The van der Waals surface area contributed by atoms with Crippen LogP contribution in [0.2, 0.25) is 0 Å². The molecule has 2 heterocycles. The zero-order chi connectivity index (χ0) is 22.1. The highest BCUT2D eigenvalue weighted by Crippen LogP contribution is 2.37. The third kappa shape index (κ3) is 3.96. The SMILES string of the molecule is C=C1C=C2C=CN(C)/C(=C/C=C/C(=C)C(C)(C)c3cc(C)ccc3CCC)C1(C)N2. The number of fused-ring (bicyclic) bond motifs is 2. The molecule has 1 unspecified atom stereocenters. The summed E-state index contributed by atoms with van der Waals surface area (Å²) in [5, 5.41) is 3.59. The summed E-state index contributed by atoms with van der Waals surface area (Å²) in [6.07, 6.45) is 15.0. The van der Waals surface area contributed by atoms with E-state index in [-0.39, 0.29) is 11.0 Å². The van der Waals surface area contributed by atoms with Crippen molar-refractivity contribution in [3.8, 4) is 0 Å². The second kappa shape index (κ2) is 8.18. The van der Waals surface area contributed by atoms with E-state index < -0.39 is 0 Å². The molecule has 0 saturated carbocycles. The summed E-state index contributed by atoms with van der Waals surface area (Å²) in [4.78, 5) is 2.16. The number of nitrogens with one attached hydrogen (secondary N) is 1. The van der Waals surface area contributed by atoms with Crippen molar-refractivity contribution in [1.82, 2.24) is 10.2 Å². The van der Waals surface area contributed by atoms with Gasteiger partial charge in [-0.15, -0.1) is 0 Å². The van der Waals surface area contributed by atoms with Gasteiger partial charge in [-0.1, -0.05) is 76.3 Å². The maximum atomic E-state index is 4.45. The Morgan fingerprint density at radius 2 is 2.03 bits per heavy atom. The van der Waals surface area contributed by atoms with Crippen LogP contribution in [0.4, 0.5) is 0 Å². The first-order chi connectivity index (χ1) is 14.1. The van der Waals surface area contributed by atoms with Crippen molar-refractivity contribution in [3.63, 3.8) is 0 Å². The molecule has 0 spiro atoms. The van der Waals surface area contributed by atoms with Gasteiger partial charge in [0.05, 0.1) is 5.54 Å². The lowest BCUT2D eigenvalue weighted by Crippen LogP contribution is -2.43. The number of likely N-dealkylation sites (N-methyl/N-ethyl adjacent to an activating group) is 1. The van der Waals surface area contributed by atoms with Crippen molar-refractivity contribution < 1.29 is 0 Å². The highest BCUT2D eigenvalue weighted by atomic mass is 15.2. The molecule has 0 saturated heterocycles. The van der Waals surface area contributed by atoms with Gasteiger partial charge in [-0.3, -0.25) is 0 Å². The van der Waals surface area contributed by atoms with Crippen LogP contribution in [0.5, 0.6) is 0 Å². The van der Waals surface area contributed by atoms with Crippen LogP contribution in [-0.4, -0.2) is 17.5 Å². The molecule has 2 aliphatic rings. The number of benzene rings is 1. The average molecular weight is 401 g/mol. The molecule has 2 heteroatoms. The highest BCUT2D eigenvalue weighted by Gasteiger charge is 2.38. The van der Waals surface area contributed by atoms with Gasteiger partial charge >= 0.3 is 0 Å². The maximum Gasteiger partial charge on any atom is 0.0997 e. The van der Waals surface area contributed by atoms with E-state index in [4.69, 9.17) is 0 Å². The van der Waals surface area contributed by atoms with Crippen LogP contribution in [0.25, 0.3) is 0 Å². The van der Waals surface area contributed by atoms with Crippen LogP contribution < -0.4 is 5.32 Å². The number of hydrogen-bond acceptors (Lipinski definition) is 2. The molecular formula is C28H36N2. The Morgan fingerprint density at radius 3 is 2.73 bits per heavy atom. The summed E-state index contributed by atoms with van der Waals surface area (Å²) in [5.74, 6) is 0. The molecule has 0 aromatic heterocycles. The second-order valence-corrected chi connectivity index (χ2v) is 9.27. The van der Waals surface area contributed by atoms with Crippen LogP contribution in [0.15, 0.2) is 90.5 Å². The Morgan fingerprint density at radius 1 is 1.30 bits per heavy atom. The minimum absolute atomic E-state index is 0.130. The normalized spacial score (nSPS) is 22.5. The van der Waals surface area contributed by atoms with E-state index in [2.05, 4.69) is 120 Å². The van der Waals surface area contributed by atoms with E-state index in [1.807, 2.05) is 0 Å². The van der Waals surface area contributed by atoms with Gasteiger partial charge in [0.15, 0.2) is 0 Å². The molecule has 1 N–H and O–H groups in total. The molecule has 0 aliphatic carbocycles. The largest absolute Gasteiger partial charge is 0.371 e. The Bertz CT molecular complexity index is 984. The van der Waals surface area contributed by atoms with E-state index in [1.165, 1.54) is 16.7 Å². The monoisotopic (exact) mass is 400 g/mol. The van der Waals surface area contributed by atoms with Crippen molar-refractivity contribution in [2.24, 2.45) is 0 Å². The van der Waals surface area contributed by atoms with Crippen molar-refractivity contribution in [1.29, 1.82) is 0 Å². The van der Waals surface area contributed by atoms with E-state index in [0.717, 1.165) is 35.4 Å². The smallest absolute Gasteiger partial charge is 0.0997 e. The highest BCUT2D eigenvalue weighted by molar-refractivity contribution is 5.52. The van der Waals surface area contributed by atoms with E-state index >= 15 is 0 Å². The minimum atomic E-state index is -0.292. The van der Waals surface area contributed by atoms with Gasteiger partial charge in [0, 0.05) is 30.1 Å². The van der Waals surface area contributed by atoms with Crippen LogP contribution in [-0.2, 0) is 11.8 Å². The predicted molar refractivity (Wildman–Crippen MR) is 130 cm³/mol. The molecule has 1 aromatic rings. The molecule has 0 fully saturated rings. The Hall–Kier alpha value is -2.74. The third-order valence-corrected chi connectivity index (χ3v) is 6.55. The molecule has 158 valence electrons. The first-order valence-corrected chi connectivity index (χ1v) is 10.9. The topological polar surface area (TPSA) is 15.3 Å². The number of hydrogen-bond donors (Lipinski definition) is 1. The predicted octanol–water partition coefficient (Wildman–Crippen LogP) is 6.48. The van der Waals surface area contributed by atoms with Crippen LogP contribution in [0.1, 0.15) is 50.8 Å². The number of aryl methyl sites for hydroxylation is 2. The fraction of sp³-hybridized carbons (Fsp3) is 0.357. The van der Waals surface area contributed by atoms with E-state index in [9.17, 15) is 0 Å². The van der Waals surface area contributed by atoms with Crippen molar-refractivity contribution in [2.45, 2.75) is 58.4 Å². The van der Waals surface area contributed by atoms with Crippen LogP contribution >= 0.6 is 0 Å². The van der Waals surface area contributed by atoms with Gasteiger partial charge in [0.2, 0.25) is 0 Å². The lowest BCUT2D eigenvalue weighted by molar-refractivity contribution is 0.438. The fourth-order valence-electron chi connectivity index (χ4n) is 4.36. The van der Waals surface area contributed by atoms with Crippen molar-refractivity contribution >= 4 is 0 Å². The number of allylic oxidation sites excluding steroid dienone is 5. The van der Waals surface area contributed by atoms with Crippen LogP contribution in [0, 0.1) is 6.92 Å². The molecule has 1 atom stereocenters. The summed E-state index contributed by atoms with van der Waals surface area (Å²) in [7, 11) is 2.08. The molecular weight excluding hydrogens is 364 g/mol. The molecule has 0 radical (unpaired) electrons. The molecule has 0 amide bonds. The first kappa shape index (κ1) is 22.0. The summed E-state index contributed by atoms with van der Waals surface area (Å²) in [6, 6.07) is 6.82. The van der Waals surface area contributed by atoms with Gasteiger partial charge in [-0.2, -0.15) is 0 Å². The molecule has 2 bridgehead atoms. The lowest BCUT2D eigenvalue weighted by Gasteiger charge is -2.34. The molecule has 2 nitrogen and oxygen atoms in total. The molecule has 3 rings (SSSR count). The molecule has 30 heavy (non-hydrogen) atoms. The maximum absolute atomic E-state index is 4.45. The van der Waals surface area contributed by atoms with Gasteiger partial charge in [0.1, 0.15) is 0 Å². The van der Waals surface area contributed by atoms with Crippen molar-refractivity contribution in [2.75, 3.05) is 7.05 Å². The standard InChI is InChI=1S/C28H36N2/c1-9-11-23-15-14-20(2)18-25(23)27(5,6)21(3)12-10-13-26-28(7)22(4)19-24(29-28)16-17-30(26)8/h10,12-19,29H,3-4,9,11H2,1-2,5-8H3/b12-10+,26-13+. The summed E-state index contributed by atoms with van der Waals surface area (Å²) in [5.41, 5.74) is 8.14. The van der Waals surface area contributed by atoms with Crippen molar-refractivity contribution in [3.05, 3.63) is 107 Å². The van der Waals surface area contributed by atoms with Crippen LogP contribution in [0.3, 0.4) is 0 Å². The Balaban J connectivity index is 1.89. The number of nitrogens with zero attached hydrogens (tertiary/aromatic N) is 1. The third-order valence-electron chi connectivity index (χ3n) is 6.55. The lowest BCUT2D eigenvalue weighted by atomic mass is 9.75. The minimum Gasteiger partial charge on any atom is -0.371 e. The zero-order valence-electron chi connectivity index (χ0n) is 19.5. The van der Waals surface area contributed by atoms with E-state index in [0.29, 0.717) is 0 Å². The quantitative estimate of drug-likeness (QED) is 0.550. The first-order valence-electron chi connectivity index (χ1n) is 10.9. The van der Waals surface area contributed by atoms with Gasteiger partial charge < -0.3 is 10.2 Å². The van der Waals surface area contributed by atoms with E-state index in [1.54, 1.807) is 0 Å².